The predicted molar refractivity (Wildman–Crippen MR) is 112 cm³/mol. The molecule has 11 heteroatoms. The fourth-order valence-electron chi connectivity index (χ4n) is 3.84. The minimum absolute atomic E-state index is 0.0761. The van der Waals surface area contributed by atoms with E-state index in [2.05, 4.69) is 15.3 Å². The molecule has 1 saturated heterocycles. The Hall–Kier alpha value is -3.63. The first-order valence-electron chi connectivity index (χ1n) is 9.82. The summed E-state index contributed by atoms with van der Waals surface area (Å²) < 4.78 is 0. The molecule has 3 rings (SSSR count). The zero-order valence-corrected chi connectivity index (χ0v) is 17.6. The minimum Gasteiger partial charge on any atom is -0.364 e. The fourth-order valence-corrected chi connectivity index (χ4v) is 3.84. The topological polar surface area (TPSA) is 174 Å². The highest BCUT2D eigenvalue weighted by Gasteiger charge is 2.48. The van der Waals surface area contributed by atoms with E-state index in [0.717, 1.165) is 6.07 Å². The van der Waals surface area contributed by atoms with E-state index in [1.54, 1.807) is 4.90 Å². The van der Waals surface area contributed by atoms with Gasteiger partial charge in [-0.1, -0.05) is 20.8 Å². The van der Waals surface area contributed by atoms with Crippen LogP contribution in [0.5, 0.6) is 0 Å². The SMILES string of the molecule is CC(C)(C)C1(CNC(=O)c2ccc(C(N)=O)[nH]2)CCN(C(=O)c2cc(=O)[nH]c(=O)[nH]2)C1. The van der Waals surface area contributed by atoms with Crippen LogP contribution in [0, 0.1) is 10.8 Å². The normalized spacial score (nSPS) is 18.7. The lowest BCUT2D eigenvalue weighted by atomic mass is 9.66. The van der Waals surface area contributed by atoms with Gasteiger partial charge in [-0.25, -0.2) is 4.79 Å². The number of likely N-dealkylation sites (tertiary alicyclic amines) is 1. The van der Waals surface area contributed by atoms with E-state index in [9.17, 15) is 24.0 Å². The van der Waals surface area contributed by atoms with E-state index in [1.807, 2.05) is 25.8 Å². The standard InChI is InChI=1S/C20H26N6O5/c1-19(2,3)20(9-22-16(29)12-5-4-11(23-12)15(21)28)6-7-26(10-20)17(30)13-8-14(27)25-18(31)24-13/h4-5,8,23H,6-7,9-10H2,1-3H3,(H2,21,28)(H,22,29)(H2,24,25,27,31). The first-order valence-corrected chi connectivity index (χ1v) is 9.82. The van der Waals surface area contributed by atoms with Gasteiger partial charge in [-0.2, -0.15) is 0 Å². The van der Waals surface area contributed by atoms with Gasteiger partial charge in [0.2, 0.25) is 0 Å². The molecule has 0 saturated carbocycles. The molecule has 1 unspecified atom stereocenters. The third kappa shape index (κ3) is 4.44. The molecule has 0 spiro atoms. The number of nitrogens with one attached hydrogen (secondary N) is 4. The first kappa shape index (κ1) is 22.1. The average molecular weight is 430 g/mol. The highest BCUT2D eigenvalue weighted by atomic mass is 16.2. The lowest BCUT2D eigenvalue weighted by Crippen LogP contribution is -2.48. The van der Waals surface area contributed by atoms with E-state index < -0.39 is 28.5 Å². The Bertz CT molecular complexity index is 1110. The predicted octanol–water partition coefficient (Wildman–Crippen LogP) is -0.201. The third-order valence-corrected chi connectivity index (χ3v) is 6.01. The van der Waals surface area contributed by atoms with Gasteiger partial charge in [-0.3, -0.25) is 24.2 Å². The molecule has 2 aromatic heterocycles. The quantitative estimate of drug-likeness (QED) is 0.441. The number of primary amides is 1. The summed E-state index contributed by atoms with van der Waals surface area (Å²) in [6.45, 7) is 7.12. The zero-order valence-electron chi connectivity index (χ0n) is 17.6. The molecular formula is C20H26N6O5. The molecule has 0 aromatic carbocycles. The van der Waals surface area contributed by atoms with Crippen molar-refractivity contribution in [2.24, 2.45) is 16.6 Å². The Morgan fingerprint density at radius 2 is 1.77 bits per heavy atom. The second kappa shape index (κ2) is 7.89. The summed E-state index contributed by atoms with van der Waals surface area (Å²) in [4.78, 5) is 68.4. The van der Waals surface area contributed by atoms with Crippen molar-refractivity contribution >= 4 is 17.7 Å². The van der Waals surface area contributed by atoms with E-state index in [0.29, 0.717) is 19.5 Å². The first-order chi connectivity index (χ1) is 14.4. The van der Waals surface area contributed by atoms with Gasteiger partial charge >= 0.3 is 5.69 Å². The Morgan fingerprint density at radius 1 is 1.10 bits per heavy atom. The third-order valence-electron chi connectivity index (χ3n) is 6.01. The molecule has 3 heterocycles. The molecule has 1 fully saturated rings. The molecule has 2 aromatic rings. The number of aromatic nitrogens is 3. The van der Waals surface area contributed by atoms with Crippen LogP contribution in [0.4, 0.5) is 0 Å². The van der Waals surface area contributed by atoms with Crippen molar-refractivity contribution in [1.29, 1.82) is 0 Å². The highest BCUT2D eigenvalue weighted by molar-refractivity contribution is 5.96. The molecule has 1 aliphatic heterocycles. The zero-order chi connectivity index (χ0) is 23.0. The number of aromatic amines is 3. The van der Waals surface area contributed by atoms with Crippen LogP contribution in [-0.2, 0) is 0 Å². The van der Waals surface area contributed by atoms with E-state index >= 15 is 0 Å². The molecular weight excluding hydrogens is 404 g/mol. The van der Waals surface area contributed by atoms with Crippen LogP contribution in [0.1, 0.15) is 58.7 Å². The number of H-pyrrole nitrogens is 3. The van der Waals surface area contributed by atoms with Crippen LogP contribution in [0.2, 0.25) is 0 Å². The Labute approximate surface area is 177 Å². The van der Waals surface area contributed by atoms with Crippen LogP contribution < -0.4 is 22.3 Å². The summed E-state index contributed by atoms with van der Waals surface area (Å²) in [6, 6.07) is 3.98. The molecule has 166 valence electrons. The minimum atomic E-state index is -0.745. The molecule has 1 atom stereocenters. The van der Waals surface area contributed by atoms with Gasteiger partial charge in [0.05, 0.1) is 0 Å². The lowest BCUT2D eigenvalue weighted by Gasteiger charge is -2.42. The van der Waals surface area contributed by atoms with Gasteiger partial charge in [0.1, 0.15) is 17.1 Å². The molecule has 11 nitrogen and oxygen atoms in total. The van der Waals surface area contributed by atoms with Gasteiger partial charge < -0.3 is 25.9 Å². The number of hydrogen-bond acceptors (Lipinski definition) is 5. The van der Waals surface area contributed by atoms with Gasteiger partial charge in [-0.05, 0) is 24.0 Å². The molecule has 3 amide bonds. The van der Waals surface area contributed by atoms with Gasteiger partial charge in [0.15, 0.2) is 0 Å². The maximum atomic E-state index is 12.9. The average Bonchev–Trinajstić information content (AvgIpc) is 3.32. The second-order valence-electron chi connectivity index (χ2n) is 8.84. The Balaban J connectivity index is 1.76. The summed E-state index contributed by atoms with van der Waals surface area (Å²) in [5, 5.41) is 2.88. The van der Waals surface area contributed by atoms with Crippen molar-refractivity contribution in [2.45, 2.75) is 27.2 Å². The number of carbonyl (C=O) groups is 3. The molecule has 31 heavy (non-hydrogen) atoms. The second-order valence-corrected chi connectivity index (χ2v) is 8.84. The van der Waals surface area contributed by atoms with Gasteiger partial charge in [0, 0.05) is 31.1 Å². The maximum absolute atomic E-state index is 12.9. The molecule has 1 aliphatic rings. The number of nitrogens with zero attached hydrogens (tertiary/aromatic N) is 1. The molecule has 0 aliphatic carbocycles. The van der Waals surface area contributed by atoms with Gasteiger partial charge in [-0.15, -0.1) is 0 Å². The summed E-state index contributed by atoms with van der Waals surface area (Å²) in [6.07, 6.45) is 0.618. The number of nitrogens with two attached hydrogens (primary N) is 1. The van der Waals surface area contributed by atoms with Crippen LogP contribution >= 0.6 is 0 Å². The molecule has 0 radical (unpaired) electrons. The number of hydrogen-bond donors (Lipinski definition) is 5. The Morgan fingerprint density at radius 3 is 2.35 bits per heavy atom. The van der Waals surface area contributed by atoms with E-state index in [1.165, 1.54) is 12.1 Å². The maximum Gasteiger partial charge on any atom is 0.326 e. The van der Waals surface area contributed by atoms with Crippen LogP contribution in [0.25, 0.3) is 0 Å². The molecule has 6 N–H and O–H groups in total. The van der Waals surface area contributed by atoms with Crippen molar-refractivity contribution in [1.82, 2.24) is 25.2 Å². The summed E-state index contributed by atoms with van der Waals surface area (Å²) in [5.74, 6) is -1.50. The van der Waals surface area contributed by atoms with Crippen molar-refractivity contribution in [3.05, 3.63) is 56.1 Å². The smallest absolute Gasteiger partial charge is 0.326 e. The highest BCUT2D eigenvalue weighted by Crippen LogP contribution is 2.45. The monoisotopic (exact) mass is 430 g/mol. The van der Waals surface area contributed by atoms with Gasteiger partial charge in [0.25, 0.3) is 23.3 Å². The van der Waals surface area contributed by atoms with E-state index in [4.69, 9.17) is 5.73 Å². The largest absolute Gasteiger partial charge is 0.364 e. The summed E-state index contributed by atoms with van der Waals surface area (Å²) in [7, 11) is 0. The van der Waals surface area contributed by atoms with Crippen molar-refractivity contribution in [3.8, 4) is 0 Å². The van der Waals surface area contributed by atoms with Crippen LogP contribution in [0.15, 0.2) is 27.8 Å². The van der Waals surface area contributed by atoms with Crippen LogP contribution in [-0.4, -0.2) is 57.2 Å². The van der Waals surface area contributed by atoms with Crippen molar-refractivity contribution in [2.75, 3.05) is 19.6 Å². The summed E-state index contributed by atoms with van der Waals surface area (Å²) >= 11 is 0. The van der Waals surface area contributed by atoms with Crippen molar-refractivity contribution < 1.29 is 14.4 Å². The Kier molecular flexibility index (Phi) is 5.62. The summed E-state index contributed by atoms with van der Waals surface area (Å²) in [5.41, 5.74) is 3.37. The van der Waals surface area contributed by atoms with E-state index in [-0.39, 0.29) is 34.9 Å². The van der Waals surface area contributed by atoms with Crippen molar-refractivity contribution in [3.63, 3.8) is 0 Å². The molecule has 0 bridgehead atoms. The number of carbonyl (C=O) groups excluding carboxylic acids is 3. The lowest BCUT2D eigenvalue weighted by molar-refractivity contribution is 0.0641. The fraction of sp³-hybridized carbons (Fsp3) is 0.450. The number of amides is 3. The number of rotatable bonds is 5. The van der Waals surface area contributed by atoms with Crippen LogP contribution in [0.3, 0.4) is 0 Å².